The summed E-state index contributed by atoms with van der Waals surface area (Å²) >= 11 is 0. The van der Waals surface area contributed by atoms with E-state index in [9.17, 15) is 14.4 Å². The molecule has 4 aromatic carbocycles. The largest absolute Gasteiger partial charge is 0.497 e. The molecule has 0 saturated carbocycles. The van der Waals surface area contributed by atoms with Gasteiger partial charge < -0.3 is 19.2 Å². The predicted octanol–water partition coefficient (Wildman–Crippen LogP) is 5.04. The molecule has 7 heteroatoms. The van der Waals surface area contributed by atoms with Crippen molar-refractivity contribution < 1.29 is 23.5 Å². The van der Waals surface area contributed by atoms with Crippen LogP contribution in [0.4, 0.5) is 0 Å². The van der Waals surface area contributed by atoms with Gasteiger partial charge >= 0.3 is 11.6 Å². The quantitative estimate of drug-likeness (QED) is 0.158. The van der Waals surface area contributed by atoms with Gasteiger partial charge in [-0.2, -0.15) is 0 Å². The van der Waals surface area contributed by atoms with E-state index < -0.39 is 29.0 Å². The van der Waals surface area contributed by atoms with Crippen LogP contribution in [-0.4, -0.2) is 32.1 Å². The minimum Gasteiger partial charge on any atom is -0.497 e. The van der Waals surface area contributed by atoms with Crippen molar-refractivity contribution in [1.82, 2.24) is 5.32 Å². The summed E-state index contributed by atoms with van der Waals surface area (Å²) in [6, 6.07) is 33.7. The zero-order valence-corrected chi connectivity index (χ0v) is 22.7. The second-order valence-electron chi connectivity index (χ2n) is 9.55. The highest BCUT2D eigenvalue weighted by Crippen LogP contribution is 2.39. The van der Waals surface area contributed by atoms with Gasteiger partial charge in [-0.15, -0.1) is 0 Å². The topological polar surface area (TPSA) is 94.8 Å². The summed E-state index contributed by atoms with van der Waals surface area (Å²) in [5.74, 6) is -0.532. The number of carbonyl (C=O) groups is 2. The number of methoxy groups -OCH3 is 2. The Morgan fingerprint density at radius 2 is 1.32 bits per heavy atom. The van der Waals surface area contributed by atoms with Crippen LogP contribution in [0.5, 0.6) is 5.75 Å². The molecule has 1 aromatic heterocycles. The van der Waals surface area contributed by atoms with Gasteiger partial charge in [-0.05, 0) is 34.4 Å². The molecule has 5 aromatic rings. The smallest absolute Gasteiger partial charge is 0.336 e. The van der Waals surface area contributed by atoms with E-state index in [2.05, 4.69) is 5.32 Å². The molecule has 41 heavy (non-hydrogen) atoms. The Morgan fingerprint density at radius 3 is 1.80 bits per heavy atom. The number of benzene rings is 4. The van der Waals surface area contributed by atoms with Gasteiger partial charge in [-0.25, -0.2) is 9.59 Å². The van der Waals surface area contributed by atoms with Crippen LogP contribution in [0.25, 0.3) is 11.0 Å². The number of hydrogen-bond acceptors (Lipinski definition) is 6. The molecule has 0 radical (unpaired) electrons. The molecule has 206 valence electrons. The molecular formula is C34H29NO6. The predicted molar refractivity (Wildman–Crippen MR) is 156 cm³/mol. The summed E-state index contributed by atoms with van der Waals surface area (Å²) in [6.07, 6.45) is 0.00128. The Kier molecular flexibility index (Phi) is 7.97. The second kappa shape index (κ2) is 11.9. The summed E-state index contributed by atoms with van der Waals surface area (Å²) in [5.41, 5.74) is 1.17. The van der Waals surface area contributed by atoms with Crippen LogP contribution in [0, 0.1) is 0 Å². The maximum Gasteiger partial charge on any atom is 0.336 e. The van der Waals surface area contributed by atoms with Crippen molar-refractivity contribution in [3.8, 4) is 5.75 Å². The third kappa shape index (κ3) is 5.34. The maximum atomic E-state index is 14.7. The Balaban J connectivity index is 1.64. The molecule has 1 N–H and O–H groups in total. The number of hydrogen-bond donors (Lipinski definition) is 1. The fourth-order valence-corrected chi connectivity index (χ4v) is 5.29. The third-order valence-corrected chi connectivity index (χ3v) is 7.21. The Bertz CT molecular complexity index is 1620. The highest BCUT2D eigenvalue weighted by molar-refractivity contribution is 5.98. The number of nitrogens with one attached hydrogen (secondary N) is 1. The van der Waals surface area contributed by atoms with E-state index in [0.29, 0.717) is 22.3 Å². The number of esters is 1. The highest BCUT2D eigenvalue weighted by Gasteiger charge is 2.45. The van der Waals surface area contributed by atoms with Gasteiger partial charge in [0.25, 0.3) is 0 Å². The van der Waals surface area contributed by atoms with Crippen molar-refractivity contribution >= 4 is 22.8 Å². The lowest BCUT2D eigenvalue weighted by atomic mass is 9.68. The third-order valence-electron chi connectivity index (χ3n) is 7.21. The van der Waals surface area contributed by atoms with E-state index in [1.807, 2.05) is 91.0 Å². The summed E-state index contributed by atoms with van der Waals surface area (Å²) in [6.45, 7) is 0. The lowest BCUT2D eigenvalue weighted by molar-refractivity contribution is -0.145. The average molecular weight is 548 g/mol. The fourth-order valence-electron chi connectivity index (χ4n) is 5.29. The van der Waals surface area contributed by atoms with E-state index in [1.54, 1.807) is 18.2 Å². The van der Waals surface area contributed by atoms with Crippen LogP contribution in [0.2, 0.25) is 0 Å². The summed E-state index contributed by atoms with van der Waals surface area (Å²) in [5, 5.41) is 3.61. The van der Waals surface area contributed by atoms with Gasteiger partial charge in [0, 0.05) is 23.9 Å². The summed E-state index contributed by atoms with van der Waals surface area (Å²) in [7, 11) is 2.78. The number of ether oxygens (including phenoxy) is 2. The maximum absolute atomic E-state index is 14.7. The molecule has 0 fully saturated rings. The Labute approximate surface area is 237 Å². The Morgan fingerprint density at radius 1 is 0.780 bits per heavy atom. The van der Waals surface area contributed by atoms with E-state index in [1.165, 1.54) is 20.3 Å². The molecule has 7 nitrogen and oxygen atoms in total. The first-order chi connectivity index (χ1) is 20.0. The van der Waals surface area contributed by atoms with Gasteiger partial charge in [-0.3, -0.25) is 4.79 Å². The SMILES string of the molecule is COC(=O)[C@H](Cc1cc(=O)oc2cc(OC)ccc12)NC(=O)C(c1ccccc1)(c1ccccc1)c1ccccc1. The van der Waals surface area contributed by atoms with E-state index >= 15 is 0 Å². The lowest BCUT2D eigenvalue weighted by Gasteiger charge is -2.35. The van der Waals surface area contributed by atoms with Crippen LogP contribution in [-0.2, 0) is 26.2 Å². The molecule has 0 unspecified atom stereocenters. The van der Waals surface area contributed by atoms with Crippen LogP contribution >= 0.6 is 0 Å². The van der Waals surface area contributed by atoms with E-state index in [0.717, 1.165) is 16.7 Å². The van der Waals surface area contributed by atoms with Crippen LogP contribution in [0.1, 0.15) is 22.3 Å². The minimum atomic E-state index is -1.29. The molecule has 1 atom stereocenters. The molecular weight excluding hydrogens is 518 g/mol. The summed E-state index contributed by atoms with van der Waals surface area (Å²) < 4.78 is 15.8. The van der Waals surface area contributed by atoms with Crippen molar-refractivity contribution in [3.05, 3.63) is 148 Å². The second-order valence-corrected chi connectivity index (χ2v) is 9.55. The van der Waals surface area contributed by atoms with Gasteiger partial charge in [-0.1, -0.05) is 91.0 Å². The number of fused-ring (bicyclic) bond motifs is 1. The highest BCUT2D eigenvalue weighted by atomic mass is 16.5. The molecule has 0 aliphatic heterocycles. The number of rotatable bonds is 9. The zero-order chi connectivity index (χ0) is 28.8. The molecule has 0 spiro atoms. The van der Waals surface area contributed by atoms with Crippen molar-refractivity contribution in [2.45, 2.75) is 17.9 Å². The van der Waals surface area contributed by atoms with Gasteiger partial charge in [0.05, 0.1) is 14.2 Å². The number of carbonyl (C=O) groups excluding carboxylic acids is 2. The van der Waals surface area contributed by atoms with Crippen LogP contribution < -0.4 is 15.7 Å². The van der Waals surface area contributed by atoms with Crippen molar-refractivity contribution in [2.75, 3.05) is 14.2 Å². The first-order valence-corrected chi connectivity index (χ1v) is 13.1. The zero-order valence-electron chi connectivity index (χ0n) is 22.7. The lowest BCUT2D eigenvalue weighted by Crippen LogP contribution is -2.52. The molecule has 0 saturated heterocycles. The Hall–Kier alpha value is -5.17. The molecule has 0 aliphatic rings. The van der Waals surface area contributed by atoms with Crippen LogP contribution in [0.3, 0.4) is 0 Å². The minimum absolute atomic E-state index is 0.00128. The fraction of sp³-hybridized carbons (Fsp3) is 0.147. The molecule has 0 bridgehead atoms. The molecule has 1 heterocycles. The van der Waals surface area contributed by atoms with Gasteiger partial charge in [0.1, 0.15) is 22.8 Å². The first kappa shape index (κ1) is 27.4. The normalized spacial score (nSPS) is 12.0. The first-order valence-electron chi connectivity index (χ1n) is 13.1. The standard InChI is InChI=1S/C34H29NO6/c1-39-27-18-19-28-23(21-31(36)41-30(28)22-27)20-29(32(37)40-2)35-33(38)34(24-12-6-3-7-13-24,25-14-8-4-9-15-25)26-16-10-5-11-17-26/h3-19,21-22,29H,20H2,1-2H3,(H,35,38)/t29-/m0/s1. The molecule has 0 aliphatic carbocycles. The van der Waals surface area contributed by atoms with Gasteiger partial charge in [0.2, 0.25) is 5.91 Å². The molecule has 5 rings (SSSR count). The molecule has 1 amide bonds. The van der Waals surface area contributed by atoms with E-state index in [4.69, 9.17) is 13.9 Å². The van der Waals surface area contributed by atoms with Crippen molar-refractivity contribution in [3.63, 3.8) is 0 Å². The van der Waals surface area contributed by atoms with Gasteiger partial charge in [0.15, 0.2) is 0 Å². The number of amides is 1. The summed E-state index contributed by atoms with van der Waals surface area (Å²) in [4.78, 5) is 40.3. The average Bonchev–Trinajstić information content (AvgIpc) is 3.02. The van der Waals surface area contributed by atoms with Crippen molar-refractivity contribution in [2.24, 2.45) is 0 Å². The van der Waals surface area contributed by atoms with Crippen LogP contribution in [0.15, 0.2) is 124 Å². The van der Waals surface area contributed by atoms with Crippen molar-refractivity contribution in [1.29, 1.82) is 0 Å². The monoisotopic (exact) mass is 547 g/mol. The van der Waals surface area contributed by atoms with E-state index in [-0.39, 0.29) is 6.42 Å².